The van der Waals surface area contributed by atoms with Crippen molar-refractivity contribution in [1.29, 1.82) is 0 Å². The Balaban J connectivity index is 1.79. The highest BCUT2D eigenvalue weighted by Gasteiger charge is 2.39. The molecular weight excluding hydrogens is 436 g/mol. The number of carboxylic acids is 1. The minimum atomic E-state index is -0.953. The molecule has 3 aromatic rings. The molecule has 0 fully saturated rings. The predicted octanol–water partition coefficient (Wildman–Crippen LogP) is 7.16. The van der Waals surface area contributed by atoms with Gasteiger partial charge in [-0.1, -0.05) is 70.2 Å². The maximum Gasteiger partial charge on any atom is 0.335 e. The van der Waals surface area contributed by atoms with Crippen LogP contribution in [0, 0.1) is 0 Å². The molecule has 4 heteroatoms. The Morgan fingerprint density at radius 2 is 1.57 bits per heavy atom. The molecule has 1 unspecified atom stereocenters. The summed E-state index contributed by atoms with van der Waals surface area (Å²) < 4.78 is 5.37. The van der Waals surface area contributed by atoms with Crippen molar-refractivity contribution in [3.8, 4) is 16.9 Å². The highest BCUT2D eigenvalue weighted by Crippen LogP contribution is 2.50. The minimum Gasteiger partial charge on any atom is -0.497 e. The number of aromatic carboxylic acids is 1. The summed E-state index contributed by atoms with van der Waals surface area (Å²) >= 11 is 0. The number of methoxy groups -OCH3 is 1. The molecule has 0 saturated heterocycles. The minimum absolute atomic E-state index is 0.00180. The standard InChI is InChI=1S/C31H34O4/c1-30(2)16-17-31(3,4)28-25(21-11-13-24(35-5)14-12-21)18-23(19-26(28)30)27(32)15-8-20-6-9-22(10-7-20)29(33)34/h6-15,18-19,27,32H,16-17H2,1-5H3,(H,33,34)/b15-8-. The van der Waals surface area contributed by atoms with Crippen molar-refractivity contribution < 1.29 is 19.7 Å². The maximum absolute atomic E-state index is 11.2. The molecule has 0 heterocycles. The van der Waals surface area contributed by atoms with Crippen molar-refractivity contribution in [1.82, 2.24) is 0 Å². The van der Waals surface area contributed by atoms with Gasteiger partial charge in [-0.2, -0.15) is 0 Å². The number of aliphatic hydroxyl groups is 1. The lowest BCUT2D eigenvalue weighted by molar-refractivity contribution is 0.0697. The summed E-state index contributed by atoms with van der Waals surface area (Å²) in [6.45, 7) is 9.19. The molecule has 0 amide bonds. The first kappa shape index (κ1) is 24.7. The zero-order chi connectivity index (χ0) is 25.4. The van der Waals surface area contributed by atoms with E-state index in [0.717, 1.165) is 40.8 Å². The third-order valence-corrected chi connectivity index (χ3v) is 7.31. The number of aliphatic hydroxyl groups excluding tert-OH is 1. The molecule has 0 radical (unpaired) electrons. The second kappa shape index (κ2) is 9.35. The molecule has 182 valence electrons. The van der Waals surface area contributed by atoms with Crippen LogP contribution in [0.25, 0.3) is 17.2 Å². The van der Waals surface area contributed by atoms with E-state index in [1.165, 1.54) is 11.1 Å². The molecule has 4 nitrogen and oxygen atoms in total. The fourth-order valence-electron chi connectivity index (χ4n) is 5.03. The SMILES string of the molecule is COc1ccc(-c2cc(C(O)/C=C\c3ccc(C(=O)O)cc3)cc3c2C(C)(C)CCC3(C)C)cc1. The van der Waals surface area contributed by atoms with Crippen LogP contribution in [0.15, 0.2) is 66.7 Å². The second-order valence-electron chi connectivity index (χ2n) is 10.7. The van der Waals surface area contributed by atoms with Crippen molar-refractivity contribution in [2.75, 3.05) is 7.11 Å². The van der Waals surface area contributed by atoms with Gasteiger partial charge in [-0.05, 0) is 87.4 Å². The molecule has 1 atom stereocenters. The van der Waals surface area contributed by atoms with Crippen molar-refractivity contribution in [3.63, 3.8) is 0 Å². The first-order chi connectivity index (χ1) is 16.5. The number of rotatable bonds is 6. The molecule has 1 aliphatic carbocycles. The van der Waals surface area contributed by atoms with E-state index in [1.54, 1.807) is 37.5 Å². The smallest absolute Gasteiger partial charge is 0.335 e. The number of fused-ring (bicyclic) bond motifs is 1. The molecular formula is C31H34O4. The molecule has 4 rings (SSSR count). The fourth-order valence-corrected chi connectivity index (χ4v) is 5.03. The lowest BCUT2D eigenvalue weighted by Crippen LogP contribution is -2.34. The number of hydrogen-bond donors (Lipinski definition) is 2. The van der Waals surface area contributed by atoms with Crippen LogP contribution in [-0.2, 0) is 10.8 Å². The molecule has 0 aliphatic heterocycles. The summed E-state index contributed by atoms with van der Waals surface area (Å²) in [7, 11) is 1.67. The lowest BCUT2D eigenvalue weighted by atomic mass is 9.61. The van der Waals surface area contributed by atoms with Gasteiger partial charge < -0.3 is 14.9 Å². The molecule has 0 aromatic heterocycles. The normalized spacial score (nSPS) is 17.1. The van der Waals surface area contributed by atoms with Gasteiger partial charge in [0.1, 0.15) is 5.75 Å². The Kier molecular flexibility index (Phi) is 6.61. The van der Waals surface area contributed by atoms with Crippen LogP contribution in [-0.4, -0.2) is 23.3 Å². The monoisotopic (exact) mass is 470 g/mol. The molecule has 0 saturated carbocycles. The zero-order valence-corrected chi connectivity index (χ0v) is 21.1. The largest absolute Gasteiger partial charge is 0.497 e. The summed E-state index contributed by atoms with van der Waals surface area (Å²) in [5, 5.41) is 20.3. The van der Waals surface area contributed by atoms with E-state index >= 15 is 0 Å². The topological polar surface area (TPSA) is 66.8 Å². The average Bonchev–Trinajstić information content (AvgIpc) is 2.85. The van der Waals surface area contributed by atoms with E-state index in [9.17, 15) is 9.90 Å². The molecule has 3 aromatic carbocycles. The highest BCUT2D eigenvalue weighted by molar-refractivity contribution is 5.87. The van der Waals surface area contributed by atoms with Gasteiger partial charge in [0.05, 0.1) is 18.8 Å². The van der Waals surface area contributed by atoms with Crippen LogP contribution in [0.5, 0.6) is 5.75 Å². The molecule has 35 heavy (non-hydrogen) atoms. The van der Waals surface area contributed by atoms with E-state index in [-0.39, 0.29) is 16.4 Å². The van der Waals surface area contributed by atoms with Gasteiger partial charge in [-0.25, -0.2) is 4.79 Å². The summed E-state index contributed by atoms with van der Waals surface area (Å²) in [5.74, 6) is -0.138. The van der Waals surface area contributed by atoms with Crippen LogP contribution in [0.1, 0.15) is 79.3 Å². The number of benzene rings is 3. The first-order valence-electron chi connectivity index (χ1n) is 12.0. The van der Waals surface area contributed by atoms with Crippen molar-refractivity contribution in [3.05, 3.63) is 94.6 Å². The van der Waals surface area contributed by atoms with E-state index in [1.807, 2.05) is 18.2 Å². The maximum atomic E-state index is 11.2. The third-order valence-electron chi connectivity index (χ3n) is 7.31. The molecule has 0 spiro atoms. The van der Waals surface area contributed by atoms with Gasteiger partial charge in [0.2, 0.25) is 0 Å². The van der Waals surface area contributed by atoms with Gasteiger partial charge in [0, 0.05) is 0 Å². The van der Waals surface area contributed by atoms with Gasteiger partial charge in [0.25, 0.3) is 0 Å². The number of carbonyl (C=O) groups is 1. The Labute approximate surface area is 207 Å². The van der Waals surface area contributed by atoms with Crippen LogP contribution in [0.2, 0.25) is 0 Å². The highest BCUT2D eigenvalue weighted by atomic mass is 16.5. The fraction of sp³-hybridized carbons (Fsp3) is 0.323. The predicted molar refractivity (Wildman–Crippen MR) is 141 cm³/mol. The van der Waals surface area contributed by atoms with E-state index in [4.69, 9.17) is 9.84 Å². The zero-order valence-electron chi connectivity index (χ0n) is 21.1. The Morgan fingerprint density at radius 1 is 0.943 bits per heavy atom. The Morgan fingerprint density at radius 3 is 2.17 bits per heavy atom. The van der Waals surface area contributed by atoms with Crippen molar-refractivity contribution >= 4 is 12.0 Å². The quantitative estimate of drug-likeness (QED) is 0.401. The van der Waals surface area contributed by atoms with Crippen LogP contribution in [0.4, 0.5) is 0 Å². The van der Waals surface area contributed by atoms with Crippen LogP contribution < -0.4 is 4.74 Å². The van der Waals surface area contributed by atoms with Crippen LogP contribution in [0.3, 0.4) is 0 Å². The first-order valence-corrected chi connectivity index (χ1v) is 12.0. The van der Waals surface area contributed by atoms with E-state index in [2.05, 4.69) is 52.0 Å². The van der Waals surface area contributed by atoms with Gasteiger partial charge in [-0.3, -0.25) is 0 Å². The van der Waals surface area contributed by atoms with E-state index < -0.39 is 12.1 Å². The van der Waals surface area contributed by atoms with Crippen LogP contribution >= 0.6 is 0 Å². The van der Waals surface area contributed by atoms with Crippen molar-refractivity contribution in [2.45, 2.75) is 57.5 Å². The number of ether oxygens (including phenoxy) is 1. The van der Waals surface area contributed by atoms with Gasteiger partial charge >= 0.3 is 5.97 Å². The molecule has 2 N–H and O–H groups in total. The summed E-state index contributed by atoms with van der Waals surface area (Å²) in [6.07, 6.45) is 4.98. The Hall–Kier alpha value is -3.37. The molecule has 0 bridgehead atoms. The average molecular weight is 471 g/mol. The van der Waals surface area contributed by atoms with E-state index in [0.29, 0.717) is 0 Å². The Bertz CT molecular complexity index is 1250. The summed E-state index contributed by atoms with van der Waals surface area (Å²) in [4.78, 5) is 11.1. The van der Waals surface area contributed by atoms with Gasteiger partial charge in [0.15, 0.2) is 0 Å². The second-order valence-corrected chi connectivity index (χ2v) is 10.7. The summed E-state index contributed by atoms with van der Waals surface area (Å²) in [5.41, 5.74) is 6.84. The molecule has 1 aliphatic rings. The lowest BCUT2D eigenvalue weighted by Gasteiger charge is -2.43. The summed E-state index contributed by atoms with van der Waals surface area (Å²) in [6, 6.07) is 19.0. The number of hydrogen-bond acceptors (Lipinski definition) is 3. The third kappa shape index (κ3) is 5.03. The number of carboxylic acid groups (broad SMARTS) is 1. The van der Waals surface area contributed by atoms with Gasteiger partial charge in [-0.15, -0.1) is 0 Å². The van der Waals surface area contributed by atoms with Crippen molar-refractivity contribution in [2.24, 2.45) is 0 Å².